The number of nitrogens with zero attached hydrogens (tertiary/aromatic N) is 1. The van der Waals surface area contributed by atoms with E-state index in [-0.39, 0.29) is 0 Å². The standard InChI is InChI=1S/C16H22N2/c1-10-2-15(17)18-9-14(10)16-6-11-3-12(7-16)5-13(4-11)8-16/h2,9,11-13H,3-8H2,1H3,(H2,17,18). The first-order chi connectivity index (χ1) is 8.64. The third-order valence-corrected chi connectivity index (χ3v) is 5.74. The molecule has 0 radical (unpaired) electrons. The van der Waals surface area contributed by atoms with Gasteiger partial charge in [0.2, 0.25) is 0 Å². The number of pyridine rings is 1. The summed E-state index contributed by atoms with van der Waals surface area (Å²) in [7, 11) is 0. The fourth-order valence-electron chi connectivity index (χ4n) is 5.57. The molecule has 4 saturated carbocycles. The molecule has 0 unspecified atom stereocenters. The lowest BCUT2D eigenvalue weighted by Crippen LogP contribution is -2.48. The third kappa shape index (κ3) is 1.44. The van der Waals surface area contributed by atoms with E-state index in [2.05, 4.69) is 24.2 Å². The maximum absolute atomic E-state index is 5.81. The van der Waals surface area contributed by atoms with Crippen LogP contribution in [0.2, 0.25) is 0 Å². The highest BCUT2D eigenvalue weighted by Crippen LogP contribution is 2.61. The second-order valence-corrected chi connectivity index (χ2v) is 7.12. The van der Waals surface area contributed by atoms with Crippen LogP contribution in [0.3, 0.4) is 0 Å². The fraction of sp³-hybridized carbons (Fsp3) is 0.688. The van der Waals surface area contributed by atoms with Gasteiger partial charge in [-0.3, -0.25) is 0 Å². The molecule has 4 aliphatic rings. The first kappa shape index (κ1) is 10.8. The molecule has 96 valence electrons. The van der Waals surface area contributed by atoms with Gasteiger partial charge in [0, 0.05) is 6.20 Å². The minimum atomic E-state index is 0.458. The summed E-state index contributed by atoms with van der Waals surface area (Å²) in [5.74, 6) is 3.65. The van der Waals surface area contributed by atoms with E-state index in [9.17, 15) is 0 Å². The van der Waals surface area contributed by atoms with Gasteiger partial charge in [0.05, 0.1) is 0 Å². The minimum Gasteiger partial charge on any atom is -0.384 e. The number of anilines is 1. The molecule has 4 fully saturated rings. The molecule has 0 aliphatic heterocycles. The average Bonchev–Trinajstić information content (AvgIpc) is 2.26. The van der Waals surface area contributed by atoms with Crippen molar-refractivity contribution in [1.82, 2.24) is 4.98 Å². The maximum atomic E-state index is 5.81. The first-order valence-electron chi connectivity index (χ1n) is 7.37. The van der Waals surface area contributed by atoms with Gasteiger partial charge in [-0.15, -0.1) is 0 Å². The van der Waals surface area contributed by atoms with Crippen molar-refractivity contribution in [2.75, 3.05) is 5.73 Å². The van der Waals surface area contributed by atoms with Crippen molar-refractivity contribution in [3.05, 3.63) is 23.4 Å². The van der Waals surface area contributed by atoms with Crippen molar-refractivity contribution in [3.63, 3.8) is 0 Å². The van der Waals surface area contributed by atoms with Gasteiger partial charge in [-0.1, -0.05) is 0 Å². The predicted octanol–water partition coefficient (Wildman–Crippen LogP) is 3.44. The number of aryl methyl sites for hydroxylation is 1. The van der Waals surface area contributed by atoms with Crippen molar-refractivity contribution >= 4 is 5.82 Å². The molecule has 0 atom stereocenters. The second-order valence-electron chi connectivity index (χ2n) is 7.12. The Hall–Kier alpha value is -1.05. The zero-order valence-electron chi connectivity index (χ0n) is 11.2. The molecule has 2 N–H and O–H groups in total. The molecule has 1 heterocycles. The van der Waals surface area contributed by atoms with E-state index in [1.807, 2.05) is 0 Å². The lowest BCUT2D eigenvalue weighted by molar-refractivity contribution is -0.00560. The molecular formula is C16H22N2. The summed E-state index contributed by atoms with van der Waals surface area (Å²) in [6.45, 7) is 2.21. The number of nitrogen functional groups attached to an aromatic ring is 1. The molecule has 0 spiro atoms. The second kappa shape index (κ2) is 3.49. The van der Waals surface area contributed by atoms with Gasteiger partial charge in [-0.25, -0.2) is 4.98 Å². The van der Waals surface area contributed by atoms with Gasteiger partial charge in [-0.2, -0.15) is 0 Å². The Bertz CT molecular complexity index is 457. The molecule has 0 saturated heterocycles. The summed E-state index contributed by atoms with van der Waals surface area (Å²) in [5, 5.41) is 0. The van der Waals surface area contributed by atoms with Crippen molar-refractivity contribution in [3.8, 4) is 0 Å². The molecule has 0 amide bonds. The van der Waals surface area contributed by atoms with Crippen molar-refractivity contribution in [2.45, 2.75) is 50.9 Å². The van der Waals surface area contributed by atoms with Crippen LogP contribution in [0.1, 0.15) is 49.7 Å². The Morgan fingerprint density at radius 3 is 2.17 bits per heavy atom. The zero-order valence-corrected chi connectivity index (χ0v) is 11.2. The van der Waals surface area contributed by atoms with E-state index in [4.69, 9.17) is 5.73 Å². The zero-order chi connectivity index (χ0) is 12.3. The van der Waals surface area contributed by atoms with E-state index in [1.165, 1.54) is 49.7 Å². The summed E-state index contributed by atoms with van der Waals surface area (Å²) < 4.78 is 0. The molecular weight excluding hydrogens is 220 g/mol. The van der Waals surface area contributed by atoms with Crippen LogP contribution in [0.5, 0.6) is 0 Å². The van der Waals surface area contributed by atoms with Crippen LogP contribution in [0, 0.1) is 24.7 Å². The molecule has 5 rings (SSSR count). The first-order valence-corrected chi connectivity index (χ1v) is 7.37. The summed E-state index contributed by atoms with van der Waals surface area (Å²) >= 11 is 0. The SMILES string of the molecule is Cc1cc(N)ncc1C12CC3CC(CC(C3)C1)C2. The Morgan fingerprint density at radius 1 is 1.11 bits per heavy atom. The van der Waals surface area contributed by atoms with Crippen LogP contribution < -0.4 is 5.73 Å². The largest absolute Gasteiger partial charge is 0.384 e. The van der Waals surface area contributed by atoms with E-state index in [0.717, 1.165) is 17.8 Å². The van der Waals surface area contributed by atoms with E-state index < -0.39 is 0 Å². The van der Waals surface area contributed by atoms with Crippen molar-refractivity contribution in [2.24, 2.45) is 17.8 Å². The summed E-state index contributed by atoms with van der Waals surface area (Å²) in [6, 6.07) is 2.06. The van der Waals surface area contributed by atoms with E-state index in [0.29, 0.717) is 11.2 Å². The molecule has 18 heavy (non-hydrogen) atoms. The van der Waals surface area contributed by atoms with Crippen LogP contribution in [0.4, 0.5) is 5.82 Å². The number of hydrogen-bond acceptors (Lipinski definition) is 2. The highest BCUT2D eigenvalue weighted by Gasteiger charge is 2.52. The number of rotatable bonds is 1. The van der Waals surface area contributed by atoms with Gasteiger partial charge >= 0.3 is 0 Å². The summed E-state index contributed by atoms with van der Waals surface area (Å²) in [4.78, 5) is 4.37. The normalized spacial score (nSPS) is 41.3. The Kier molecular flexibility index (Phi) is 2.10. The molecule has 2 nitrogen and oxygen atoms in total. The van der Waals surface area contributed by atoms with Gasteiger partial charge < -0.3 is 5.73 Å². The highest BCUT2D eigenvalue weighted by atomic mass is 14.8. The summed E-state index contributed by atoms with van der Waals surface area (Å²) in [6.07, 6.45) is 10.8. The number of hydrogen-bond donors (Lipinski definition) is 1. The molecule has 4 aliphatic carbocycles. The smallest absolute Gasteiger partial charge is 0.123 e. The molecule has 1 aromatic heterocycles. The molecule has 4 bridgehead atoms. The molecule has 0 aromatic carbocycles. The minimum absolute atomic E-state index is 0.458. The lowest BCUT2D eigenvalue weighted by Gasteiger charge is -2.57. The van der Waals surface area contributed by atoms with Gasteiger partial charge in [-0.05, 0) is 85.8 Å². The van der Waals surface area contributed by atoms with E-state index in [1.54, 1.807) is 0 Å². The van der Waals surface area contributed by atoms with Crippen molar-refractivity contribution < 1.29 is 0 Å². The average molecular weight is 242 g/mol. The van der Waals surface area contributed by atoms with Gasteiger partial charge in [0.25, 0.3) is 0 Å². The predicted molar refractivity (Wildman–Crippen MR) is 73.2 cm³/mol. The van der Waals surface area contributed by atoms with Crippen LogP contribution >= 0.6 is 0 Å². The quantitative estimate of drug-likeness (QED) is 0.819. The maximum Gasteiger partial charge on any atom is 0.123 e. The topological polar surface area (TPSA) is 38.9 Å². The number of nitrogens with two attached hydrogens (primary N) is 1. The van der Waals surface area contributed by atoms with Crippen LogP contribution in [0.25, 0.3) is 0 Å². The molecule has 1 aromatic rings. The molecule has 2 heteroatoms. The van der Waals surface area contributed by atoms with Crippen LogP contribution in [0.15, 0.2) is 12.3 Å². The Labute approximate surface area is 109 Å². The monoisotopic (exact) mass is 242 g/mol. The third-order valence-electron chi connectivity index (χ3n) is 5.74. The fourth-order valence-corrected chi connectivity index (χ4v) is 5.57. The Balaban J connectivity index is 1.79. The van der Waals surface area contributed by atoms with Crippen molar-refractivity contribution in [1.29, 1.82) is 0 Å². The highest BCUT2D eigenvalue weighted by molar-refractivity contribution is 5.41. The summed E-state index contributed by atoms with van der Waals surface area (Å²) in [5.41, 5.74) is 9.14. The van der Waals surface area contributed by atoms with Gasteiger partial charge in [0.1, 0.15) is 5.82 Å². The Morgan fingerprint density at radius 2 is 1.67 bits per heavy atom. The van der Waals surface area contributed by atoms with Crippen LogP contribution in [-0.2, 0) is 5.41 Å². The van der Waals surface area contributed by atoms with Gasteiger partial charge in [0.15, 0.2) is 0 Å². The number of aromatic nitrogens is 1. The van der Waals surface area contributed by atoms with Crippen LogP contribution in [-0.4, -0.2) is 4.98 Å². The van der Waals surface area contributed by atoms with E-state index >= 15 is 0 Å². The lowest BCUT2D eigenvalue weighted by atomic mass is 9.48.